The molecule has 2 aliphatic rings. The molecule has 1 N–H and O–H groups in total. The number of fused-ring (bicyclic) bond motifs is 1. The van der Waals surface area contributed by atoms with Crippen molar-refractivity contribution in [2.24, 2.45) is 0 Å². The molecule has 0 spiro atoms. The van der Waals surface area contributed by atoms with Crippen molar-refractivity contribution >= 4 is 30.9 Å². The number of ether oxygens (including phenoxy) is 1. The minimum atomic E-state index is -0.209. The number of pyridine rings is 1. The van der Waals surface area contributed by atoms with E-state index in [1.54, 1.807) is 11.1 Å². The number of nitrogens with one attached hydrogen (secondary N) is 1. The van der Waals surface area contributed by atoms with Crippen LogP contribution in [0.1, 0.15) is 12.1 Å². The Bertz CT molecular complexity index is 447. The minimum absolute atomic E-state index is 0. The summed E-state index contributed by atoms with van der Waals surface area (Å²) in [6.07, 6.45) is 3.33. The van der Waals surface area contributed by atoms with Gasteiger partial charge in [0, 0.05) is 31.4 Å². The summed E-state index contributed by atoms with van der Waals surface area (Å²) >= 11 is 0. The first-order chi connectivity index (χ1) is 8.75. The molecular weight excluding hydrogens is 301 g/mol. The topological polar surface area (TPSA) is 54.5 Å². The second-order valence-electron chi connectivity index (χ2n) is 4.90. The van der Waals surface area contributed by atoms with E-state index >= 15 is 0 Å². The van der Waals surface area contributed by atoms with E-state index < -0.39 is 0 Å². The van der Waals surface area contributed by atoms with Gasteiger partial charge in [-0.15, -0.1) is 24.8 Å². The van der Waals surface area contributed by atoms with Gasteiger partial charge in [-0.3, -0.25) is 4.98 Å². The van der Waals surface area contributed by atoms with Crippen molar-refractivity contribution < 1.29 is 9.53 Å². The SMILES string of the molecule is CN1C(=O)OC2CCNC(Cc3ccccn3)C21.Cl.Cl. The van der Waals surface area contributed by atoms with Crippen molar-refractivity contribution in [1.29, 1.82) is 0 Å². The summed E-state index contributed by atoms with van der Waals surface area (Å²) in [6.45, 7) is 0.889. The molecule has 3 atom stereocenters. The molecule has 112 valence electrons. The highest BCUT2D eigenvalue weighted by Gasteiger charge is 2.45. The Kier molecular flexibility index (Phi) is 6.05. The maximum absolute atomic E-state index is 11.6. The van der Waals surface area contributed by atoms with Gasteiger partial charge in [0.2, 0.25) is 0 Å². The number of amides is 1. The van der Waals surface area contributed by atoms with Crippen molar-refractivity contribution in [2.75, 3.05) is 13.6 Å². The molecule has 1 aromatic rings. The molecule has 7 heteroatoms. The van der Waals surface area contributed by atoms with Gasteiger partial charge in [-0.2, -0.15) is 0 Å². The number of halogens is 2. The van der Waals surface area contributed by atoms with E-state index in [4.69, 9.17) is 4.74 Å². The maximum atomic E-state index is 11.6. The Balaban J connectivity index is 0.000001000. The summed E-state index contributed by atoms with van der Waals surface area (Å²) in [4.78, 5) is 17.7. The average molecular weight is 320 g/mol. The zero-order valence-corrected chi connectivity index (χ0v) is 12.8. The molecule has 2 aliphatic heterocycles. The first-order valence-corrected chi connectivity index (χ1v) is 6.32. The van der Waals surface area contributed by atoms with Crippen molar-refractivity contribution in [3.63, 3.8) is 0 Å². The number of carbonyl (C=O) groups is 1. The standard InChI is InChI=1S/C13H17N3O2.2ClH/c1-16-12-10(8-9-4-2-3-6-14-9)15-7-5-11(12)18-13(16)17;;/h2-4,6,10-12,15H,5,7-8H2,1H3;2*1H. The summed E-state index contributed by atoms with van der Waals surface area (Å²) in [5.41, 5.74) is 1.04. The molecule has 0 aliphatic carbocycles. The van der Waals surface area contributed by atoms with Crippen LogP contribution < -0.4 is 5.32 Å². The molecule has 2 saturated heterocycles. The fourth-order valence-electron chi connectivity index (χ4n) is 2.88. The monoisotopic (exact) mass is 319 g/mol. The van der Waals surface area contributed by atoms with Crippen LogP contribution in [0.3, 0.4) is 0 Å². The molecule has 0 bridgehead atoms. The number of rotatable bonds is 2. The Morgan fingerprint density at radius 2 is 2.25 bits per heavy atom. The number of piperidine rings is 1. The molecule has 0 aromatic carbocycles. The van der Waals surface area contributed by atoms with Crippen LogP contribution in [0.2, 0.25) is 0 Å². The molecule has 3 unspecified atom stereocenters. The molecular formula is C13H19Cl2N3O2. The molecule has 0 saturated carbocycles. The predicted octanol–water partition coefficient (Wildman–Crippen LogP) is 1.65. The van der Waals surface area contributed by atoms with Crippen molar-refractivity contribution in [3.8, 4) is 0 Å². The van der Waals surface area contributed by atoms with E-state index in [0.29, 0.717) is 0 Å². The lowest BCUT2D eigenvalue weighted by molar-refractivity contribution is 0.104. The first kappa shape index (κ1) is 17.0. The van der Waals surface area contributed by atoms with Gasteiger partial charge >= 0.3 is 6.09 Å². The number of hydrogen-bond donors (Lipinski definition) is 1. The Labute approximate surface area is 130 Å². The second kappa shape index (κ2) is 7.11. The van der Waals surface area contributed by atoms with E-state index in [1.807, 2.05) is 25.2 Å². The summed E-state index contributed by atoms with van der Waals surface area (Å²) in [5, 5.41) is 3.48. The maximum Gasteiger partial charge on any atom is 0.410 e. The lowest BCUT2D eigenvalue weighted by Gasteiger charge is -2.35. The molecule has 3 rings (SSSR count). The lowest BCUT2D eigenvalue weighted by atomic mass is 9.92. The minimum Gasteiger partial charge on any atom is -0.444 e. The highest BCUT2D eigenvalue weighted by atomic mass is 35.5. The lowest BCUT2D eigenvalue weighted by Crippen LogP contribution is -2.56. The fraction of sp³-hybridized carbons (Fsp3) is 0.538. The van der Waals surface area contributed by atoms with Gasteiger partial charge in [-0.25, -0.2) is 4.79 Å². The van der Waals surface area contributed by atoms with Crippen LogP contribution >= 0.6 is 24.8 Å². The number of nitrogens with zero attached hydrogens (tertiary/aromatic N) is 2. The second-order valence-corrected chi connectivity index (χ2v) is 4.90. The summed E-state index contributed by atoms with van der Waals surface area (Å²) in [7, 11) is 1.81. The predicted molar refractivity (Wildman–Crippen MR) is 80.7 cm³/mol. The number of hydrogen-bond acceptors (Lipinski definition) is 4. The zero-order chi connectivity index (χ0) is 12.5. The van der Waals surface area contributed by atoms with Crippen LogP contribution in [0, 0.1) is 0 Å². The van der Waals surface area contributed by atoms with Gasteiger partial charge in [0.25, 0.3) is 0 Å². The Hall–Kier alpha value is -1.04. The molecule has 3 heterocycles. The van der Waals surface area contributed by atoms with Gasteiger partial charge in [-0.05, 0) is 25.1 Å². The zero-order valence-electron chi connectivity index (χ0n) is 11.2. The van der Waals surface area contributed by atoms with Crippen LogP contribution in [-0.2, 0) is 11.2 Å². The average Bonchev–Trinajstić information content (AvgIpc) is 2.67. The highest BCUT2D eigenvalue weighted by molar-refractivity contribution is 5.85. The largest absolute Gasteiger partial charge is 0.444 e. The van der Waals surface area contributed by atoms with E-state index in [2.05, 4.69) is 10.3 Å². The number of aromatic nitrogens is 1. The van der Waals surface area contributed by atoms with E-state index in [9.17, 15) is 4.79 Å². The van der Waals surface area contributed by atoms with Crippen LogP contribution in [-0.4, -0.2) is 47.8 Å². The van der Waals surface area contributed by atoms with Gasteiger partial charge in [0.1, 0.15) is 6.10 Å². The van der Waals surface area contributed by atoms with Crippen molar-refractivity contribution in [1.82, 2.24) is 15.2 Å². The van der Waals surface area contributed by atoms with Gasteiger partial charge < -0.3 is 15.0 Å². The fourth-order valence-corrected chi connectivity index (χ4v) is 2.88. The summed E-state index contributed by atoms with van der Waals surface area (Å²) < 4.78 is 5.37. The van der Waals surface area contributed by atoms with Gasteiger partial charge in [0.15, 0.2) is 0 Å². The summed E-state index contributed by atoms with van der Waals surface area (Å²) in [5.74, 6) is 0. The quantitative estimate of drug-likeness (QED) is 0.900. The number of likely N-dealkylation sites (N-methyl/N-ethyl adjacent to an activating group) is 1. The van der Waals surface area contributed by atoms with Crippen LogP contribution in [0.4, 0.5) is 4.79 Å². The highest BCUT2D eigenvalue weighted by Crippen LogP contribution is 2.27. The van der Waals surface area contributed by atoms with Crippen LogP contribution in [0.5, 0.6) is 0 Å². The smallest absolute Gasteiger partial charge is 0.410 e. The third-order valence-corrected chi connectivity index (χ3v) is 3.77. The van der Waals surface area contributed by atoms with Crippen molar-refractivity contribution in [3.05, 3.63) is 30.1 Å². The van der Waals surface area contributed by atoms with E-state index in [-0.39, 0.29) is 49.1 Å². The molecule has 1 aromatic heterocycles. The summed E-state index contributed by atoms with van der Waals surface area (Å²) in [6, 6.07) is 6.25. The molecule has 5 nitrogen and oxygen atoms in total. The Morgan fingerprint density at radius 1 is 1.45 bits per heavy atom. The van der Waals surface area contributed by atoms with Crippen LogP contribution in [0.15, 0.2) is 24.4 Å². The van der Waals surface area contributed by atoms with Gasteiger partial charge in [0.05, 0.1) is 6.04 Å². The number of carbonyl (C=O) groups excluding carboxylic acids is 1. The third kappa shape index (κ3) is 3.16. The Morgan fingerprint density at radius 3 is 2.95 bits per heavy atom. The van der Waals surface area contributed by atoms with Crippen LogP contribution in [0.25, 0.3) is 0 Å². The van der Waals surface area contributed by atoms with E-state index in [1.165, 1.54) is 0 Å². The molecule has 20 heavy (non-hydrogen) atoms. The molecule has 0 radical (unpaired) electrons. The third-order valence-electron chi connectivity index (χ3n) is 3.77. The van der Waals surface area contributed by atoms with Crippen molar-refractivity contribution in [2.45, 2.75) is 31.0 Å². The molecule has 2 fully saturated rings. The molecule has 1 amide bonds. The van der Waals surface area contributed by atoms with Gasteiger partial charge in [-0.1, -0.05) is 6.07 Å². The normalized spacial score (nSPS) is 27.9. The first-order valence-electron chi connectivity index (χ1n) is 6.32. The van der Waals surface area contributed by atoms with E-state index in [0.717, 1.165) is 25.1 Å².